The van der Waals surface area contributed by atoms with Gasteiger partial charge in [-0.3, -0.25) is 10.1 Å². The van der Waals surface area contributed by atoms with E-state index in [1.807, 2.05) is 31.3 Å². The summed E-state index contributed by atoms with van der Waals surface area (Å²) in [6.07, 6.45) is 4.58. The van der Waals surface area contributed by atoms with E-state index < -0.39 is 14.9 Å². The van der Waals surface area contributed by atoms with E-state index in [1.165, 1.54) is 29.8 Å². The van der Waals surface area contributed by atoms with Crippen LogP contribution in [0.3, 0.4) is 0 Å². The largest absolute Gasteiger partial charge is 0.302 e. The Morgan fingerprint density at radius 1 is 1.13 bits per heavy atom. The summed E-state index contributed by atoms with van der Waals surface area (Å²) in [6, 6.07) is 12.8. The molecular weight excluding hydrogens is 426 g/mol. The lowest BCUT2D eigenvalue weighted by atomic mass is 10.1. The van der Waals surface area contributed by atoms with Crippen molar-refractivity contribution in [2.24, 2.45) is 0 Å². The van der Waals surface area contributed by atoms with Crippen molar-refractivity contribution in [3.8, 4) is 0 Å². The van der Waals surface area contributed by atoms with Crippen LogP contribution >= 0.6 is 11.6 Å². The molecule has 1 aliphatic rings. The quantitative estimate of drug-likeness (QED) is 0.459. The van der Waals surface area contributed by atoms with Crippen molar-refractivity contribution in [2.45, 2.75) is 49.1 Å². The van der Waals surface area contributed by atoms with E-state index >= 15 is 0 Å². The highest BCUT2D eigenvalue weighted by Gasteiger charge is 2.33. The van der Waals surface area contributed by atoms with Crippen LogP contribution in [0.2, 0.25) is 5.02 Å². The Bertz CT molecular complexity index is 965. The Morgan fingerprint density at radius 3 is 2.43 bits per heavy atom. The molecule has 2 unspecified atom stereocenters. The van der Waals surface area contributed by atoms with Gasteiger partial charge in [-0.05, 0) is 69.1 Å². The lowest BCUT2D eigenvalue weighted by Crippen LogP contribution is -2.47. The second kappa shape index (κ2) is 9.87. The Balaban J connectivity index is 1.57. The summed E-state index contributed by atoms with van der Waals surface area (Å²) in [4.78, 5) is 12.5. The van der Waals surface area contributed by atoms with Crippen molar-refractivity contribution >= 4 is 27.3 Å². The number of hydrogen-bond donors (Lipinski definition) is 1. The zero-order chi connectivity index (χ0) is 21.7. The van der Waals surface area contributed by atoms with Crippen LogP contribution in [-0.4, -0.2) is 43.9 Å². The van der Waals surface area contributed by atoms with Crippen molar-refractivity contribution < 1.29 is 13.3 Å². The standard InChI is InChI=1S/C21H26ClN3O4S/c1-24(15-3-4-16-7-9-17(22)10-8-16)21-6-2-5-20(21)23-30(28,29)19-13-11-18(12-14-19)25(26)27/h7-14,20-21,23H,2-6,15H2,1H3. The first-order chi connectivity index (χ1) is 14.3. The maximum atomic E-state index is 12.8. The van der Waals surface area contributed by atoms with Crippen molar-refractivity contribution in [2.75, 3.05) is 13.6 Å². The monoisotopic (exact) mass is 451 g/mol. The second-order valence-electron chi connectivity index (χ2n) is 7.69. The van der Waals surface area contributed by atoms with Gasteiger partial charge in [0.1, 0.15) is 0 Å². The summed E-state index contributed by atoms with van der Waals surface area (Å²) in [5.41, 5.74) is 1.10. The molecule has 0 aliphatic heterocycles. The van der Waals surface area contributed by atoms with Crippen molar-refractivity contribution in [3.63, 3.8) is 0 Å². The van der Waals surface area contributed by atoms with E-state index in [1.54, 1.807) is 0 Å². The average Bonchev–Trinajstić information content (AvgIpc) is 3.17. The molecule has 2 aromatic carbocycles. The first kappa shape index (κ1) is 22.7. The van der Waals surface area contributed by atoms with E-state index in [0.717, 1.165) is 43.7 Å². The topological polar surface area (TPSA) is 92.6 Å². The van der Waals surface area contributed by atoms with Gasteiger partial charge in [0.25, 0.3) is 5.69 Å². The molecule has 1 fully saturated rings. The van der Waals surface area contributed by atoms with Crippen LogP contribution in [0, 0.1) is 10.1 Å². The summed E-state index contributed by atoms with van der Waals surface area (Å²) >= 11 is 5.92. The minimum Gasteiger partial charge on any atom is -0.302 e. The normalized spacial score (nSPS) is 19.3. The van der Waals surface area contributed by atoms with Gasteiger partial charge >= 0.3 is 0 Å². The number of nitrogens with zero attached hydrogens (tertiary/aromatic N) is 2. The fraction of sp³-hybridized carbons (Fsp3) is 0.429. The fourth-order valence-corrected chi connectivity index (χ4v) is 5.40. The van der Waals surface area contributed by atoms with Crippen molar-refractivity contribution in [1.82, 2.24) is 9.62 Å². The molecule has 1 saturated carbocycles. The van der Waals surface area contributed by atoms with Gasteiger partial charge in [-0.2, -0.15) is 0 Å². The number of nitrogens with one attached hydrogen (secondary N) is 1. The molecule has 0 saturated heterocycles. The molecule has 2 atom stereocenters. The Kier molecular flexibility index (Phi) is 7.46. The zero-order valence-electron chi connectivity index (χ0n) is 16.8. The average molecular weight is 452 g/mol. The van der Waals surface area contributed by atoms with Crippen LogP contribution < -0.4 is 4.72 Å². The molecule has 30 heavy (non-hydrogen) atoms. The lowest BCUT2D eigenvalue weighted by molar-refractivity contribution is -0.384. The SMILES string of the molecule is CN(CCCc1ccc(Cl)cc1)C1CCCC1NS(=O)(=O)c1ccc([N+](=O)[O-])cc1. The number of sulfonamides is 1. The molecule has 7 nitrogen and oxygen atoms in total. The molecule has 0 spiro atoms. The molecule has 9 heteroatoms. The molecule has 0 amide bonds. The summed E-state index contributed by atoms with van der Waals surface area (Å²) < 4.78 is 28.3. The smallest absolute Gasteiger partial charge is 0.269 e. The Hall–Kier alpha value is -2.00. The number of nitro groups is 1. The minimum atomic E-state index is -3.73. The molecule has 1 N–H and O–H groups in total. The molecule has 162 valence electrons. The molecule has 2 aromatic rings. The highest BCUT2D eigenvalue weighted by molar-refractivity contribution is 7.89. The van der Waals surface area contributed by atoms with E-state index in [0.29, 0.717) is 0 Å². The number of hydrogen-bond acceptors (Lipinski definition) is 5. The molecular formula is C21H26ClN3O4S. The highest BCUT2D eigenvalue weighted by atomic mass is 35.5. The maximum absolute atomic E-state index is 12.8. The molecule has 0 bridgehead atoms. The number of non-ortho nitro benzene ring substituents is 1. The number of aryl methyl sites for hydroxylation is 1. The van der Waals surface area contributed by atoms with Crippen LogP contribution in [0.5, 0.6) is 0 Å². The van der Waals surface area contributed by atoms with Crippen LogP contribution in [0.1, 0.15) is 31.2 Å². The predicted molar refractivity (Wildman–Crippen MR) is 117 cm³/mol. The van der Waals surface area contributed by atoms with Crippen LogP contribution in [0.25, 0.3) is 0 Å². The van der Waals surface area contributed by atoms with Gasteiger partial charge in [-0.1, -0.05) is 30.2 Å². The van der Waals surface area contributed by atoms with Gasteiger partial charge in [-0.15, -0.1) is 0 Å². The molecule has 0 aromatic heterocycles. The third kappa shape index (κ3) is 5.78. The Labute approximate surface area is 182 Å². The van der Waals surface area contributed by atoms with Gasteiger partial charge in [0.05, 0.1) is 9.82 Å². The maximum Gasteiger partial charge on any atom is 0.269 e. The summed E-state index contributed by atoms with van der Waals surface area (Å²) in [5, 5.41) is 11.5. The fourth-order valence-electron chi connectivity index (χ4n) is 3.97. The lowest BCUT2D eigenvalue weighted by Gasteiger charge is -2.30. The van der Waals surface area contributed by atoms with E-state index in [-0.39, 0.29) is 22.7 Å². The van der Waals surface area contributed by atoms with Crippen LogP contribution in [-0.2, 0) is 16.4 Å². The first-order valence-corrected chi connectivity index (χ1v) is 11.8. The number of likely N-dealkylation sites (N-methyl/N-ethyl adjacent to an activating group) is 1. The number of rotatable bonds is 9. The van der Waals surface area contributed by atoms with Gasteiger partial charge < -0.3 is 4.90 Å². The number of halogens is 1. The van der Waals surface area contributed by atoms with Gasteiger partial charge in [0.2, 0.25) is 10.0 Å². The van der Waals surface area contributed by atoms with Crippen LogP contribution in [0.4, 0.5) is 5.69 Å². The van der Waals surface area contributed by atoms with Crippen molar-refractivity contribution in [3.05, 3.63) is 69.2 Å². The third-order valence-corrected chi connectivity index (χ3v) is 7.36. The summed E-state index contributed by atoms with van der Waals surface area (Å²) in [7, 11) is -1.70. The minimum absolute atomic E-state index is 0.0455. The van der Waals surface area contributed by atoms with Gasteiger partial charge in [0.15, 0.2) is 0 Å². The third-order valence-electron chi connectivity index (χ3n) is 5.60. The van der Waals surface area contributed by atoms with Gasteiger partial charge in [-0.25, -0.2) is 13.1 Å². The van der Waals surface area contributed by atoms with Crippen molar-refractivity contribution in [1.29, 1.82) is 0 Å². The first-order valence-electron chi connectivity index (χ1n) is 9.98. The second-order valence-corrected chi connectivity index (χ2v) is 9.84. The predicted octanol–water partition coefficient (Wildman–Crippen LogP) is 4.01. The van der Waals surface area contributed by atoms with E-state index in [4.69, 9.17) is 11.6 Å². The molecule has 1 aliphatic carbocycles. The van der Waals surface area contributed by atoms with E-state index in [2.05, 4.69) is 9.62 Å². The molecule has 0 radical (unpaired) electrons. The summed E-state index contributed by atoms with van der Waals surface area (Å²) in [6.45, 7) is 0.864. The highest BCUT2D eigenvalue weighted by Crippen LogP contribution is 2.26. The Morgan fingerprint density at radius 2 is 1.80 bits per heavy atom. The van der Waals surface area contributed by atoms with Gasteiger partial charge in [0, 0.05) is 29.2 Å². The van der Waals surface area contributed by atoms with E-state index in [9.17, 15) is 18.5 Å². The molecule has 0 heterocycles. The zero-order valence-corrected chi connectivity index (χ0v) is 18.4. The summed E-state index contributed by atoms with van der Waals surface area (Å²) in [5.74, 6) is 0. The number of nitro benzene ring substituents is 1. The van der Waals surface area contributed by atoms with Crippen LogP contribution in [0.15, 0.2) is 53.4 Å². The number of benzene rings is 2. The molecule has 3 rings (SSSR count).